The molecule has 3 heteroatoms. The van der Waals surface area contributed by atoms with E-state index < -0.39 is 0 Å². The average Bonchev–Trinajstić information content (AvgIpc) is 2.30. The summed E-state index contributed by atoms with van der Waals surface area (Å²) < 4.78 is 2.46. The van der Waals surface area contributed by atoms with Crippen molar-refractivity contribution in [2.75, 3.05) is 0 Å². The van der Waals surface area contributed by atoms with Crippen molar-refractivity contribution in [2.24, 2.45) is 0 Å². The third kappa shape index (κ3) is 2.00. The zero-order chi connectivity index (χ0) is 9.30. The summed E-state index contributed by atoms with van der Waals surface area (Å²) in [5.74, 6) is 0.529. The number of aromatic nitrogens is 2. The lowest BCUT2D eigenvalue weighted by molar-refractivity contribution is 0.640. The van der Waals surface area contributed by atoms with Crippen LogP contribution < -0.4 is 0 Å². The predicted molar refractivity (Wildman–Crippen MR) is 59.8 cm³/mol. The van der Waals surface area contributed by atoms with Gasteiger partial charge in [0.1, 0.15) is 4.05 Å². The van der Waals surface area contributed by atoms with Gasteiger partial charge in [-0.2, -0.15) is 5.10 Å². The lowest BCUT2D eigenvalue weighted by atomic mass is 10.1. The SMILES string of the molecule is Cc1cn(C(C)I)nc1C(C)C. The second-order valence-electron chi connectivity index (χ2n) is 3.41. The van der Waals surface area contributed by atoms with Gasteiger partial charge in [0, 0.05) is 6.20 Å². The summed E-state index contributed by atoms with van der Waals surface area (Å²) in [7, 11) is 0. The van der Waals surface area contributed by atoms with E-state index in [1.54, 1.807) is 0 Å². The minimum absolute atomic E-state index is 0.439. The van der Waals surface area contributed by atoms with Crippen LogP contribution in [0.2, 0.25) is 0 Å². The molecule has 0 saturated heterocycles. The monoisotopic (exact) mass is 278 g/mol. The van der Waals surface area contributed by atoms with Crippen LogP contribution >= 0.6 is 22.6 Å². The molecular weight excluding hydrogens is 263 g/mol. The fourth-order valence-corrected chi connectivity index (χ4v) is 1.54. The molecule has 1 unspecified atom stereocenters. The van der Waals surface area contributed by atoms with Crippen LogP contribution in [-0.2, 0) is 0 Å². The van der Waals surface area contributed by atoms with Gasteiger partial charge < -0.3 is 0 Å². The minimum Gasteiger partial charge on any atom is -0.260 e. The molecule has 0 fully saturated rings. The first-order valence-electron chi connectivity index (χ1n) is 4.22. The van der Waals surface area contributed by atoms with E-state index in [9.17, 15) is 0 Å². The summed E-state index contributed by atoms with van der Waals surface area (Å²) in [5.41, 5.74) is 2.52. The minimum atomic E-state index is 0.439. The molecule has 12 heavy (non-hydrogen) atoms. The normalized spacial score (nSPS) is 13.8. The maximum Gasteiger partial charge on any atom is 0.100 e. The van der Waals surface area contributed by atoms with Gasteiger partial charge in [0.25, 0.3) is 0 Å². The summed E-state index contributed by atoms with van der Waals surface area (Å²) in [6, 6.07) is 0. The van der Waals surface area contributed by atoms with Crippen LogP contribution in [-0.4, -0.2) is 9.78 Å². The maximum atomic E-state index is 4.52. The van der Waals surface area contributed by atoms with Gasteiger partial charge in [0.2, 0.25) is 0 Å². The molecular formula is C9H15IN2. The zero-order valence-corrected chi connectivity index (χ0v) is 10.2. The van der Waals surface area contributed by atoms with Gasteiger partial charge in [-0.05, 0) is 25.3 Å². The number of hydrogen-bond acceptors (Lipinski definition) is 1. The van der Waals surface area contributed by atoms with Gasteiger partial charge in [-0.1, -0.05) is 36.4 Å². The number of hydrogen-bond donors (Lipinski definition) is 0. The molecule has 0 N–H and O–H groups in total. The quantitative estimate of drug-likeness (QED) is 0.599. The summed E-state index contributed by atoms with van der Waals surface area (Å²) in [4.78, 5) is 0. The molecule has 0 spiro atoms. The lowest BCUT2D eigenvalue weighted by Crippen LogP contribution is -1.99. The fourth-order valence-electron chi connectivity index (χ4n) is 1.25. The van der Waals surface area contributed by atoms with E-state index in [-0.39, 0.29) is 0 Å². The molecule has 0 amide bonds. The molecule has 0 bridgehead atoms. The lowest BCUT2D eigenvalue weighted by Gasteiger charge is -2.03. The number of nitrogens with zero attached hydrogens (tertiary/aromatic N) is 2. The summed E-state index contributed by atoms with van der Waals surface area (Å²) in [5, 5.41) is 4.52. The van der Waals surface area contributed by atoms with Crippen molar-refractivity contribution < 1.29 is 0 Å². The Morgan fingerprint density at radius 2 is 2.00 bits per heavy atom. The van der Waals surface area contributed by atoms with Crippen LogP contribution in [0.15, 0.2) is 6.20 Å². The molecule has 1 atom stereocenters. The average molecular weight is 278 g/mol. The third-order valence-electron chi connectivity index (χ3n) is 1.86. The number of alkyl halides is 1. The Labute approximate surface area is 87.5 Å². The van der Waals surface area contributed by atoms with E-state index in [4.69, 9.17) is 0 Å². The first-order chi connectivity index (χ1) is 5.52. The Balaban J connectivity index is 3.00. The smallest absolute Gasteiger partial charge is 0.100 e. The summed E-state index contributed by atoms with van der Waals surface area (Å²) in [6.07, 6.45) is 2.12. The largest absolute Gasteiger partial charge is 0.260 e. The molecule has 68 valence electrons. The first kappa shape index (κ1) is 10.0. The number of rotatable bonds is 2. The van der Waals surface area contributed by atoms with Crippen LogP contribution in [0.1, 0.15) is 42.0 Å². The third-order valence-corrected chi connectivity index (χ3v) is 2.44. The first-order valence-corrected chi connectivity index (χ1v) is 5.46. The Kier molecular flexibility index (Phi) is 3.15. The van der Waals surface area contributed by atoms with Gasteiger partial charge in [-0.3, -0.25) is 4.68 Å². The molecule has 0 aliphatic heterocycles. The van der Waals surface area contributed by atoms with Crippen molar-refractivity contribution in [3.63, 3.8) is 0 Å². The Morgan fingerprint density at radius 1 is 1.42 bits per heavy atom. The molecule has 0 aliphatic carbocycles. The van der Waals surface area contributed by atoms with Gasteiger partial charge in [0.05, 0.1) is 5.69 Å². The van der Waals surface area contributed by atoms with Gasteiger partial charge >= 0.3 is 0 Å². The van der Waals surface area contributed by atoms with Gasteiger partial charge in [-0.25, -0.2) is 0 Å². The van der Waals surface area contributed by atoms with E-state index in [1.165, 1.54) is 11.3 Å². The molecule has 0 aliphatic rings. The molecule has 0 saturated carbocycles. The Bertz CT molecular complexity index is 263. The molecule has 1 aromatic rings. The predicted octanol–water partition coefficient (Wildman–Crippen LogP) is 3.27. The van der Waals surface area contributed by atoms with E-state index in [0.29, 0.717) is 9.97 Å². The second-order valence-corrected chi connectivity index (χ2v) is 5.21. The van der Waals surface area contributed by atoms with Crippen LogP contribution in [0.5, 0.6) is 0 Å². The highest BCUT2D eigenvalue weighted by molar-refractivity contribution is 14.1. The van der Waals surface area contributed by atoms with Crippen molar-refractivity contribution in [2.45, 2.75) is 37.7 Å². The van der Waals surface area contributed by atoms with E-state index in [0.717, 1.165) is 0 Å². The highest BCUT2D eigenvalue weighted by atomic mass is 127. The van der Waals surface area contributed by atoms with Crippen molar-refractivity contribution >= 4 is 22.6 Å². The molecule has 1 rings (SSSR count). The standard InChI is InChI=1S/C9H15IN2/c1-6(2)9-7(3)5-12(11-9)8(4)10/h5-6,8H,1-4H3. The van der Waals surface area contributed by atoms with Gasteiger partial charge in [-0.15, -0.1) is 0 Å². The van der Waals surface area contributed by atoms with Crippen LogP contribution in [0.3, 0.4) is 0 Å². The van der Waals surface area contributed by atoms with Crippen LogP contribution in [0, 0.1) is 6.92 Å². The molecule has 1 aromatic heterocycles. The van der Waals surface area contributed by atoms with Crippen molar-refractivity contribution in [3.8, 4) is 0 Å². The summed E-state index contributed by atoms with van der Waals surface area (Å²) >= 11 is 2.36. The number of aryl methyl sites for hydroxylation is 1. The highest BCUT2D eigenvalue weighted by Crippen LogP contribution is 2.20. The molecule has 0 radical (unpaired) electrons. The zero-order valence-electron chi connectivity index (χ0n) is 8.00. The van der Waals surface area contributed by atoms with E-state index >= 15 is 0 Å². The topological polar surface area (TPSA) is 17.8 Å². The molecule has 2 nitrogen and oxygen atoms in total. The Morgan fingerprint density at radius 3 is 2.25 bits per heavy atom. The van der Waals surface area contributed by atoms with Gasteiger partial charge in [0.15, 0.2) is 0 Å². The molecule has 1 heterocycles. The second kappa shape index (κ2) is 3.77. The van der Waals surface area contributed by atoms with Crippen molar-refractivity contribution in [3.05, 3.63) is 17.5 Å². The highest BCUT2D eigenvalue weighted by Gasteiger charge is 2.10. The molecule has 0 aromatic carbocycles. The van der Waals surface area contributed by atoms with Crippen LogP contribution in [0.4, 0.5) is 0 Å². The van der Waals surface area contributed by atoms with Crippen LogP contribution in [0.25, 0.3) is 0 Å². The maximum absolute atomic E-state index is 4.52. The number of halogens is 1. The van der Waals surface area contributed by atoms with E-state index in [1.807, 2.05) is 4.68 Å². The summed E-state index contributed by atoms with van der Waals surface area (Å²) in [6.45, 7) is 8.62. The fraction of sp³-hybridized carbons (Fsp3) is 0.667. The van der Waals surface area contributed by atoms with Crippen molar-refractivity contribution in [1.29, 1.82) is 0 Å². The Hall–Kier alpha value is -0.0600. The van der Waals surface area contributed by atoms with E-state index in [2.05, 4.69) is 61.6 Å². The van der Waals surface area contributed by atoms with Crippen molar-refractivity contribution in [1.82, 2.24) is 9.78 Å².